The highest BCUT2D eigenvalue weighted by Crippen LogP contribution is 2.33. The molecule has 2 aliphatic rings. The largest absolute Gasteiger partial charge is 0.474 e. The molecule has 0 bridgehead atoms. The van der Waals surface area contributed by atoms with Gasteiger partial charge in [-0.05, 0) is 70.9 Å². The first kappa shape index (κ1) is 28.2. The third-order valence-corrected chi connectivity index (χ3v) is 7.26. The van der Waals surface area contributed by atoms with E-state index in [2.05, 4.69) is 9.97 Å². The van der Waals surface area contributed by atoms with Crippen LogP contribution in [0.2, 0.25) is 0 Å². The molecule has 0 amide bonds. The highest BCUT2D eigenvalue weighted by atomic mass is 19.3. The SMILES string of the molecule is Cc1cccc2c1nc(C(F)F)n2-c1cc(OC2CCC(CC(=O)OC(C)(C)C)CC2)nc(N2CCOCC2)n1. The zero-order valence-electron chi connectivity index (χ0n) is 23.5. The summed E-state index contributed by atoms with van der Waals surface area (Å²) in [5, 5.41) is 0. The Labute approximate surface area is 232 Å². The molecule has 216 valence electrons. The van der Waals surface area contributed by atoms with E-state index in [0.29, 0.717) is 55.6 Å². The Hall–Kier alpha value is -3.34. The lowest BCUT2D eigenvalue weighted by molar-refractivity contribution is -0.156. The number of fused-ring (bicyclic) bond motifs is 1. The molecule has 0 unspecified atom stereocenters. The number of rotatable bonds is 7. The number of morpholine rings is 1. The number of hydrogen-bond acceptors (Lipinski definition) is 8. The van der Waals surface area contributed by atoms with Gasteiger partial charge in [0.1, 0.15) is 17.5 Å². The molecule has 3 aromatic rings. The molecule has 0 spiro atoms. The first-order chi connectivity index (χ1) is 19.1. The molecule has 1 aliphatic heterocycles. The van der Waals surface area contributed by atoms with Gasteiger partial charge in [0.25, 0.3) is 6.43 Å². The fraction of sp³-hybridized carbons (Fsp3) is 0.586. The lowest BCUT2D eigenvalue weighted by atomic mass is 9.85. The van der Waals surface area contributed by atoms with Crippen molar-refractivity contribution in [3.63, 3.8) is 0 Å². The van der Waals surface area contributed by atoms with Gasteiger partial charge in [-0.2, -0.15) is 9.97 Å². The quantitative estimate of drug-likeness (QED) is 0.349. The molecule has 1 saturated heterocycles. The van der Waals surface area contributed by atoms with E-state index in [-0.39, 0.29) is 29.6 Å². The van der Waals surface area contributed by atoms with Gasteiger partial charge in [-0.25, -0.2) is 13.8 Å². The van der Waals surface area contributed by atoms with Gasteiger partial charge in [0.05, 0.1) is 24.2 Å². The number of alkyl halides is 2. The van der Waals surface area contributed by atoms with E-state index in [1.54, 1.807) is 12.1 Å². The number of imidazole rings is 1. The molecular formula is C29H37F2N5O4. The summed E-state index contributed by atoms with van der Waals surface area (Å²) >= 11 is 0. The number of ether oxygens (including phenoxy) is 3. The molecule has 2 aromatic heterocycles. The number of hydrogen-bond donors (Lipinski definition) is 0. The maximum Gasteiger partial charge on any atom is 0.306 e. The van der Waals surface area contributed by atoms with Gasteiger partial charge in [0.2, 0.25) is 11.8 Å². The van der Waals surface area contributed by atoms with Crippen molar-refractivity contribution in [2.45, 2.75) is 77.9 Å². The van der Waals surface area contributed by atoms with E-state index in [1.165, 1.54) is 4.57 Å². The smallest absolute Gasteiger partial charge is 0.306 e. The van der Waals surface area contributed by atoms with Crippen LogP contribution in [0.4, 0.5) is 14.7 Å². The first-order valence-corrected chi connectivity index (χ1v) is 13.9. The van der Waals surface area contributed by atoms with Crippen LogP contribution in [0.25, 0.3) is 16.9 Å². The number of aromatic nitrogens is 4. The van der Waals surface area contributed by atoms with Gasteiger partial charge in [-0.1, -0.05) is 12.1 Å². The standard InChI is InChI=1S/C29H37F2N5O4/c1-18-6-5-7-21-25(18)34-27(26(30)31)36(21)22-17-23(33-28(32-22)35-12-14-38-15-13-35)39-20-10-8-19(9-11-20)16-24(37)40-29(2,3)4/h5-7,17,19-20,26H,8-16H2,1-4H3. The van der Waals surface area contributed by atoms with E-state index in [0.717, 1.165) is 31.2 Å². The fourth-order valence-corrected chi connectivity index (χ4v) is 5.37. The van der Waals surface area contributed by atoms with Crippen molar-refractivity contribution in [2.75, 3.05) is 31.2 Å². The average molecular weight is 558 g/mol. The van der Waals surface area contributed by atoms with E-state index in [4.69, 9.17) is 19.2 Å². The maximum atomic E-state index is 14.2. The van der Waals surface area contributed by atoms with Crippen molar-refractivity contribution in [3.05, 3.63) is 35.7 Å². The summed E-state index contributed by atoms with van der Waals surface area (Å²) in [4.78, 5) is 27.9. The van der Waals surface area contributed by atoms with Crippen molar-refractivity contribution in [1.29, 1.82) is 0 Å². The van der Waals surface area contributed by atoms with Gasteiger partial charge in [-0.3, -0.25) is 9.36 Å². The Morgan fingerprint density at radius 2 is 1.82 bits per heavy atom. The number of esters is 1. The third-order valence-electron chi connectivity index (χ3n) is 7.26. The highest BCUT2D eigenvalue weighted by molar-refractivity contribution is 5.81. The second-order valence-corrected chi connectivity index (χ2v) is 11.6. The summed E-state index contributed by atoms with van der Waals surface area (Å²) in [5.41, 5.74) is 1.37. The molecule has 9 nitrogen and oxygen atoms in total. The Bertz CT molecular complexity index is 1340. The molecule has 11 heteroatoms. The van der Waals surface area contributed by atoms with E-state index < -0.39 is 12.0 Å². The number of halogens is 2. The molecule has 3 heterocycles. The second-order valence-electron chi connectivity index (χ2n) is 11.6. The molecule has 1 saturated carbocycles. The Morgan fingerprint density at radius 3 is 2.50 bits per heavy atom. The number of benzene rings is 1. The van der Waals surface area contributed by atoms with Gasteiger partial charge in [0.15, 0.2) is 5.82 Å². The summed E-state index contributed by atoms with van der Waals surface area (Å²) in [7, 11) is 0. The lowest BCUT2D eigenvalue weighted by Gasteiger charge is -2.30. The molecule has 40 heavy (non-hydrogen) atoms. The minimum Gasteiger partial charge on any atom is -0.474 e. The third kappa shape index (κ3) is 6.51. The zero-order chi connectivity index (χ0) is 28.4. The number of para-hydroxylation sites is 1. The van der Waals surface area contributed by atoms with Crippen molar-refractivity contribution in [1.82, 2.24) is 19.5 Å². The summed E-state index contributed by atoms with van der Waals surface area (Å²) in [6.45, 7) is 9.69. The van der Waals surface area contributed by atoms with Gasteiger partial charge >= 0.3 is 5.97 Å². The Balaban J connectivity index is 1.41. The van der Waals surface area contributed by atoms with Crippen LogP contribution in [-0.4, -0.2) is 63.5 Å². The number of aryl methyl sites for hydroxylation is 1. The van der Waals surface area contributed by atoms with E-state index in [9.17, 15) is 13.6 Å². The van der Waals surface area contributed by atoms with Crippen LogP contribution in [0, 0.1) is 12.8 Å². The summed E-state index contributed by atoms with van der Waals surface area (Å²) in [6, 6.07) is 7.06. The van der Waals surface area contributed by atoms with Crippen LogP contribution in [0.1, 0.15) is 70.7 Å². The van der Waals surface area contributed by atoms with Gasteiger partial charge < -0.3 is 19.1 Å². The van der Waals surface area contributed by atoms with Crippen molar-refractivity contribution < 1.29 is 27.8 Å². The molecule has 2 fully saturated rings. The molecule has 0 N–H and O–H groups in total. The van der Waals surface area contributed by atoms with Crippen LogP contribution < -0.4 is 9.64 Å². The molecule has 1 aliphatic carbocycles. The van der Waals surface area contributed by atoms with Gasteiger partial charge in [-0.15, -0.1) is 0 Å². The second kappa shape index (κ2) is 11.6. The minimum atomic E-state index is -2.79. The Morgan fingerprint density at radius 1 is 1.10 bits per heavy atom. The normalized spacial score (nSPS) is 20.2. The zero-order valence-corrected chi connectivity index (χ0v) is 23.5. The number of nitrogens with zero attached hydrogens (tertiary/aromatic N) is 5. The maximum absolute atomic E-state index is 14.2. The topological polar surface area (TPSA) is 91.6 Å². The molecule has 0 radical (unpaired) electrons. The Kier molecular flexibility index (Phi) is 8.21. The van der Waals surface area contributed by atoms with Crippen LogP contribution in [0.3, 0.4) is 0 Å². The summed E-state index contributed by atoms with van der Waals surface area (Å²) in [5.74, 6) is 0.720. The summed E-state index contributed by atoms with van der Waals surface area (Å²) < 4.78 is 47.1. The lowest BCUT2D eigenvalue weighted by Crippen LogP contribution is -2.37. The van der Waals surface area contributed by atoms with E-state index >= 15 is 0 Å². The highest BCUT2D eigenvalue weighted by Gasteiger charge is 2.28. The van der Waals surface area contributed by atoms with E-state index in [1.807, 2.05) is 44.7 Å². The number of carbonyl (C=O) groups excluding carboxylic acids is 1. The van der Waals surface area contributed by atoms with Crippen LogP contribution >= 0.6 is 0 Å². The van der Waals surface area contributed by atoms with Crippen LogP contribution in [0.15, 0.2) is 24.3 Å². The molecule has 5 rings (SSSR count). The molecule has 1 aromatic carbocycles. The predicted octanol–water partition coefficient (Wildman–Crippen LogP) is 5.57. The number of carbonyl (C=O) groups is 1. The summed E-state index contributed by atoms with van der Waals surface area (Å²) in [6.07, 6.45) is 0.680. The average Bonchev–Trinajstić information content (AvgIpc) is 3.31. The van der Waals surface area contributed by atoms with Crippen molar-refractivity contribution in [3.8, 4) is 11.7 Å². The van der Waals surface area contributed by atoms with Crippen LogP contribution in [0.5, 0.6) is 5.88 Å². The van der Waals surface area contributed by atoms with Crippen molar-refractivity contribution in [2.24, 2.45) is 5.92 Å². The first-order valence-electron chi connectivity index (χ1n) is 13.9. The van der Waals surface area contributed by atoms with Crippen molar-refractivity contribution >= 4 is 23.0 Å². The number of anilines is 1. The molecular weight excluding hydrogens is 520 g/mol. The predicted molar refractivity (Wildman–Crippen MR) is 146 cm³/mol. The van der Waals surface area contributed by atoms with Crippen LogP contribution in [-0.2, 0) is 14.3 Å². The monoisotopic (exact) mass is 557 g/mol. The van der Waals surface area contributed by atoms with Gasteiger partial charge in [0, 0.05) is 25.6 Å². The fourth-order valence-electron chi connectivity index (χ4n) is 5.37. The molecule has 0 atom stereocenters. The minimum absolute atomic E-state index is 0.105.